The summed E-state index contributed by atoms with van der Waals surface area (Å²) in [6, 6.07) is 11.3. The summed E-state index contributed by atoms with van der Waals surface area (Å²) in [4.78, 5) is 39.7. The second kappa shape index (κ2) is 12.4. The van der Waals surface area contributed by atoms with Crippen molar-refractivity contribution in [2.45, 2.75) is 99.5 Å². The van der Waals surface area contributed by atoms with Crippen molar-refractivity contribution in [1.29, 1.82) is 0 Å². The number of rotatable bonds is 6. The summed E-state index contributed by atoms with van der Waals surface area (Å²) in [5.41, 5.74) is -0.843. The lowest BCUT2D eigenvalue weighted by molar-refractivity contribution is -0.200. The fourth-order valence-electron chi connectivity index (χ4n) is 13.2. The lowest BCUT2D eigenvalue weighted by Crippen LogP contribution is -2.80. The van der Waals surface area contributed by atoms with E-state index in [1.165, 1.54) is 14.0 Å². The number of hydrogen-bond donors (Lipinski definition) is 4. The van der Waals surface area contributed by atoms with Gasteiger partial charge in [0.1, 0.15) is 17.3 Å². The molecule has 2 saturated heterocycles. The Kier molecular flexibility index (Phi) is 8.30. The third-order valence-corrected chi connectivity index (χ3v) is 15.4. The minimum atomic E-state index is -2.08. The van der Waals surface area contributed by atoms with Gasteiger partial charge in [0.2, 0.25) is 0 Å². The maximum absolute atomic E-state index is 15.2. The Morgan fingerprint density at radius 2 is 1.80 bits per heavy atom. The summed E-state index contributed by atoms with van der Waals surface area (Å²) in [7, 11) is 4.98. The number of carbonyl (C=O) groups is 2. The van der Waals surface area contributed by atoms with E-state index in [1.54, 1.807) is 7.11 Å². The molecule has 9 rings (SSSR count). The van der Waals surface area contributed by atoms with E-state index < -0.39 is 51.3 Å². The first-order chi connectivity index (χ1) is 26.3. The van der Waals surface area contributed by atoms with Crippen molar-refractivity contribution in [3.8, 4) is 5.75 Å². The number of esters is 1. The number of nitrogens with zero attached hydrogens (tertiary/aromatic N) is 3. The van der Waals surface area contributed by atoms with Crippen LogP contribution in [-0.4, -0.2) is 125 Å². The van der Waals surface area contributed by atoms with Gasteiger partial charge in [-0.2, -0.15) is 0 Å². The first-order valence-corrected chi connectivity index (χ1v) is 20.2. The highest BCUT2D eigenvalue weighted by Crippen LogP contribution is 2.67. The van der Waals surface area contributed by atoms with E-state index in [0.717, 1.165) is 53.0 Å². The van der Waals surface area contributed by atoms with Crippen LogP contribution in [0.3, 0.4) is 0 Å². The minimum Gasteiger partial charge on any atom is -0.496 e. The normalized spacial score (nSPS) is 39.0. The van der Waals surface area contributed by atoms with Gasteiger partial charge in [-0.1, -0.05) is 44.2 Å². The molecule has 294 valence electrons. The van der Waals surface area contributed by atoms with Gasteiger partial charge in [-0.05, 0) is 81.2 Å². The van der Waals surface area contributed by atoms with Crippen LogP contribution >= 0.6 is 0 Å². The monoisotopic (exact) mass is 752 g/mol. The Hall–Kier alpha value is -3.74. The van der Waals surface area contributed by atoms with Crippen LogP contribution in [0, 0.1) is 11.3 Å². The molecule has 0 radical (unpaired) electrons. The quantitative estimate of drug-likeness (QED) is 0.217. The molecule has 5 unspecified atom stereocenters. The number of para-hydroxylation sites is 1. The van der Waals surface area contributed by atoms with Crippen LogP contribution < -0.4 is 9.64 Å². The first-order valence-electron chi connectivity index (χ1n) is 20.2. The first kappa shape index (κ1) is 36.9. The molecule has 2 aromatic carbocycles. The Balaban J connectivity index is 1.36. The molecular formula is C44H56N4O7. The number of aromatic nitrogens is 1. The molecule has 1 saturated carbocycles. The van der Waals surface area contributed by atoms with Crippen LogP contribution in [0.1, 0.15) is 75.3 Å². The Labute approximate surface area is 323 Å². The third-order valence-electron chi connectivity index (χ3n) is 15.4. The van der Waals surface area contributed by atoms with Crippen molar-refractivity contribution >= 4 is 28.3 Å². The van der Waals surface area contributed by atoms with Crippen LogP contribution in [0.5, 0.6) is 5.75 Å². The van der Waals surface area contributed by atoms with Crippen LogP contribution in [0.2, 0.25) is 0 Å². The topological polar surface area (TPSA) is 139 Å². The summed E-state index contributed by atoms with van der Waals surface area (Å²) >= 11 is 0. The largest absolute Gasteiger partial charge is 0.496 e. The molecular weight excluding hydrogens is 697 g/mol. The number of ether oxygens (including phenoxy) is 2. The number of piperidine rings is 1. The Morgan fingerprint density at radius 3 is 2.51 bits per heavy atom. The number of H-pyrrole nitrogens is 1. The molecule has 55 heavy (non-hydrogen) atoms. The minimum absolute atomic E-state index is 0.0625. The van der Waals surface area contributed by atoms with Crippen molar-refractivity contribution in [1.82, 2.24) is 14.8 Å². The number of methoxy groups -OCH3 is 2. The van der Waals surface area contributed by atoms with Crippen molar-refractivity contribution < 1.29 is 34.4 Å². The van der Waals surface area contributed by atoms with Gasteiger partial charge in [-0.15, -0.1) is 0 Å². The molecule has 5 aliphatic heterocycles. The average molecular weight is 753 g/mol. The smallest absolute Gasteiger partial charge is 0.322 e. The number of benzene rings is 2. The van der Waals surface area contributed by atoms with Crippen LogP contribution in [-0.2, 0) is 31.6 Å². The summed E-state index contributed by atoms with van der Waals surface area (Å²) in [6.07, 6.45) is 6.17. The Bertz CT molecular complexity index is 2120. The van der Waals surface area contributed by atoms with Gasteiger partial charge in [0.25, 0.3) is 0 Å². The second-order valence-electron chi connectivity index (χ2n) is 17.7. The predicted octanol–water partition coefficient (Wildman–Crippen LogP) is 3.84. The Morgan fingerprint density at radius 1 is 1.02 bits per heavy atom. The van der Waals surface area contributed by atoms with Gasteiger partial charge in [0, 0.05) is 84.0 Å². The standard InChI is InChI=1S/C44H56N4O7/c1-7-40(52)22-27-23-43(39(51)55-6,35-29(14-18-47(24-27)25-40)28-12-9-10-13-32(28)45-35)31-20-30-33(21-34(31)54-5)46(4)37-42(30)16-19-48-17-11-15-41(8-2,36(42)48)38(50)44(37,53)26(3)49/h9-13,15,20-21,27,36-38,45,50,52-53H,7-8,14,16-19,22-25H2,1-6H3/t27?,36?,37?,38-,40+,41-,42?,43+,44+/m1/s1. The number of fused-ring (bicyclic) bond motifs is 6. The van der Waals surface area contributed by atoms with Crippen molar-refractivity contribution in [2.24, 2.45) is 11.3 Å². The molecule has 1 aliphatic carbocycles. The molecule has 1 spiro atoms. The lowest BCUT2D eigenvalue weighted by atomic mass is 9.47. The lowest BCUT2D eigenvalue weighted by Gasteiger charge is -2.63. The number of likely N-dealkylation sites (N-methyl/N-ethyl adjacent to an activating group) is 1. The summed E-state index contributed by atoms with van der Waals surface area (Å²) in [6.45, 7) is 8.95. The number of Topliss-reactive ketones (excluding diaryl/α,β-unsaturated/α-hetero) is 1. The number of aliphatic hydroxyl groups is 3. The van der Waals surface area contributed by atoms with E-state index >= 15 is 4.79 Å². The maximum atomic E-state index is 15.2. The molecule has 4 N–H and O–H groups in total. The van der Waals surface area contributed by atoms with E-state index in [4.69, 9.17) is 9.47 Å². The number of nitrogens with one attached hydrogen (secondary N) is 1. The number of ketones is 1. The molecule has 3 aromatic rings. The SMILES string of the molecule is CC[C@]1(O)CC2CN(CCc3c([nH]c4ccccc34)[C@@](C(=O)OC)(c3cc4c(cc3OC)N(C)C3C45CCN4CC=C[C@](CC)(C45)[C@@H](O)[C@]3(O)C(C)=O)C2)C1. The highest BCUT2D eigenvalue weighted by atomic mass is 16.5. The van der Waals surface area contributed by atoms with E-state index in [2.05, 4.69) is 45.1 Å². The molecule has 6 aliphatic rings. The third kappa shape index (κ3) is 4.56. The molecule has 11 nitrogen and oxygen atoms in total. The molecule has 1 aromatic heterocycles. The number of aliphatic hydroxyl groups excluding tert-OH is 1. The van der Waals surface area contributed by atoms with Crippen molar-refractivity contribution in [3.63, 3.8) is 0 Å². The van der Waals surface area contributed by atoms with Gasteiger partial charge in [-0.3, -0.25) is 19.4 Å². The fourth-order valence-corrected chi connectivity index (χ4v) is 13.2. The molecule has 11 heteroatoms. The zero-order chi connectivity index (χ0) is 38.9. The fraction of sp³-hybridized carbons (Fsp3) is 0.591. The van der Waals surface area contributed by atoms with Gasteiger partial charge in [0.15, 0.2) is 11.4 Å². The molecule has 3 fully saturated rings. The molecule has 0 amide bonds. The zero-order valence-electron chi connectivity index (χ0n) is 33.0. The molecule has 6 heterocycles. The second-order valence-corrected chi connectivity index (χ2v) is 17.7. The summed E-state index contributed by atoms with van der Waals surface area (Å²) in [5.74, 6) is -0.433. The molecule has 10 atom stereocenters. The molecule has 2 bridgehead atoms. The maximum Gasteiger partial charge on any atom is 0.322 e. The summed E-state index contributed by atoms with van der Waals surface area (Å²) in [5, 5.41) is 38.2. The predicted molar refractivity (Wildman–Crippen MR) is 210 cm³/mol. The van der Waals surface area contributed by atoms with E-state index in [-0.39, 0.29) is 12.0 Å². The average Bonchev–Trinajstić information content (AvgIpc) is 3.84. The van der Waals surface area contributed by atoms with E-state index in [0.29, 0.717) is 62.9 Å². The van der Waals surface area contributed by atoms with Crippen LogP contribution in [0.25, 0.3) is 10.9 Å². The van der Waals surface area contributed by atoms with Crippen molar-refractivity contribution in [2.75, 3.05) is 58.9 Å². The van der Waals surface area contributed by atoms with Gasteiger partial charge >= 0.3 is 5.97 Å². The number of aromatic amines is 1. The summed E-state index contributed by atoms with van der Waals surface area (Å²) < 4.78 is 12.3. The number of hydrogen-bond acceptors (Lipinski definition) is 10. The van der Waals surface area contributed by atoms with Gasteiger partial charge in [-0.25, -0.2) is 0 Å². The number of anilines is 1. The van der Waals surface area contributed by atoms with Crippen molar-refractivity contribution in [3.05, 3.63) is 70.9 Å². The van der Waals surface area contributed by atoms with Crippen LogP contribution in [0.15, 0.2) is 48.6 Å². The van der Waals surface area contributed by atoms with E-state index in [9.17, 15) is 20.1 Å². The van der Waals surface area contributed by atoms with Gasteiger partial charge < -0.3 is 34.7 Å². The van der Waals surface area contributed by atoms with E-state index in [1.807, 2.05) is 44.0 Å². The zero-order valence-corrected chi connectivity index (χ0v) is 33.0. The number of carbonyl (C=O) groups excluding carboxylic acids is 2. The highest BCUT2D eigenvalue weighted by Gasteiger charge is 2.78. The van der Waals surface area contributed by atoms with Crippen LogP contribution in [0.4, 0.5) is 5.69 Å². The van der Waals surface area contributed by atoms with Gasteiger partial charge in [0.05, 0.1) is 25.9 Å². The highest BCUT2D eigenvalue weighted by molar-refractivity contribution is 5.95.